The van der Waals surface area contributed by atoms with Crippen molar-refractivity contribution in [2.45, 2.75) is 0 Å². The third-order valence-corrected chi connectivity index (χ3v) is 2.97. The van der Waals surface area contributed by atoms with Crippen LogP contribution in [0.25, 0.3) is 0 Å². The van der Waals surface area contributed by atoms with Crippen LogP contribution in [0, 0.1) is 5.82 Å². The number of rotatable bonds is 2. The molecule has 92 valence electrons. The summed E-state index contributed by atoms with van der Waals surface area (Å²) in [4.78, 5) is 3.97. The Kier molecular flexibility index (Phi) is 3.99. The highest BCUT2D eigenvalue weighted by atomic mass is 79.9. The van der Waals surface area contributed by atoms with Gasteiger partial charge in [-0.25, -0.2) is 4.39 Å². The Morgan fingerprint density at radius 3 is 2.78 bits per heavy atom. The van der Waals surface area contributed by atoms with Gasteiger partial charge in [0.25, 0.3) is 0 Å². The first-order chi connectivity index (χ1) is 8.56. The van der Waals surface area contributed by atoms with Gasteiger partial charge in [0, 0.05) is 21.3 Å². The van der Waals surface area contributed by atoms with Crippen LogP contribution in [0.1, 0.15) is 5.56 Å². The van der Waals surface area contributed by atoms with E-state index in [0.717, 1.165) is 4.47 Å². The average molecular weight is 329 g/mol. The molecule has 5 heteroatoms. The van der Waals surface area contributed by atoms with E-state index in [1.54, 1.807) is 12.1 Å². The third kappa shape index (κ3) is 3.09. The molecule has 0 aromatic heterocycles. The number of phenolic OH excluding ortho intramolecular Hbond substituents is 1. The molecular formula is C13H8BrClFNO. The van der Waals surface area contributed by atoms with Crippen LogP contribution in [-0.2, 0) is 0 Å². The van der Waals surface area contributed by atoms with Crippen LogP contribution in [-0.4, -0.2) is 11.3 Å². The van der Waals surface area contributed by atoms with E-state index in [-0.39, 0.29) is 11.4 Å². The van der Waals surface area contributed by atoms with Gasteiger partial charge in [0.05, 0.1) is 0 Å². The minimum atomic E-state index is -0.467. The van der Waals surface area contributed by atoms with Gasteiger partial charge in [0.15, 0.2) is 0 Å². The Bertz CT molecular complexity index is 562. The second kappa shape index (κ2) is 5.50. The Morgan fingerprint density at radius 1 is 1.22 bits per heavy atom. The number of benzene rings is 2. The zero-order valence-corrected chi connectivity index (χ0v) is 11.4. The Labute approximate surface area is 117 Å². The summed E-state index contributed by atoms with van der Waals surface area (Å²) in [6, 6.07) is 9.03. The molecule has 2 rings (SSSR count). The molecule has 0 aliphatic heterocycles. The molecular weight excluding hydrogens is 321 g/mol. The molecule has 0 spiro atoms. The highest BCUT2D eigenvalue weighted by molar-refractivity contribution is 9.10. The predicted molar refractivity (Wildman–Crippen MR) is 74.5 cm³/mol. The predicted octanol–water partition coefficient (Wildman–Crippen LogP) is 4.70. The Hall–Kier alpha value is -1.39. The number of aromatic hydroxyl groups is 1. The lowest BCUT2D eigenvalue weighted by Gasteiger charge is -2.00. The largest absolute Gasteiger partial charge is 0.507 e. The van der Waals surface area contributed by atoms with Gasteiger partial charge in [0.2, 0.25) is 0 Å². The minimum Gasteiger partial charge on any atom is -0.507 e. The summed E-state index contributed by atoms with van der Waals surface area (Å²) in [5, 5.41) is 10.0. The van der Waals surface area contributed by atoms with Crippen molar-refractivity contribution in [3.8, 4) is 5.75 Å². The van der Waals surface area contributed by atoms with Crippen LogP contribution in [0.2, 0.25) is 5.02 Å². The first-order valence-electron chi connectivity index (χ1n) is 5.04. The van der Waals surface area contributed by atoms with E-state index in [9.17, 15) is 9.50 Å². The van der Waals surface area contributed by atoms with Crippen molar-refractivity contribution in [1.29, 1.82) is 0 Å². The summed E-state index contributed by atoms with van der Waals surface area (Å²) in [6.45, 7) is 0. The first kappa shape index (κ1) is 13.1. The Balaban J connectivity index is 2.35. The van der Waals surface area contributed by atoms with E-state index in [1.807, 2.05) is 0 Å². The van der Waals surface area contributed by atoms with Gasteiger partial charge in [-0.1, -0.05) is 27.5 Å². The molecule has 0 unspecified atom stereocenters. The molecule has 0 fully saturated rings. The van der Waals surface area contributed by atoms with E-state index in [4.69, 9.17) is 11.6 Å². The lowest BCUT2D eigenvalue weighted by molar-refractivity contribution is 0.474. The van der Waals surface area contributed by atoms with E-state index in [0.29, 0.717) is 10.6 Å². The van der Waals surface area contributed by atoms with Crippen LogP contribution < -0.4 is 0 Å². The smallest absolute Gasteiger partial charge is 0.148 e. The SMILES string of the molecule is Oc1ccc(Br)cc1C=Nc1cc(Cl)ccc1F. The molecule has 0 saturated heterocycles. The second-order valence-electron chi connectivity index (χ2n) is 3.56. The van der Waals surface area contributed by atoms with Crippen LogP contribution in [0.15, 0.2) is 45.9 Å². The maximum Gasteiger partial charge on any atom is 0.148 e. The lowest BCUT2D eigenvalue weighted by atomic mass is 10.2. The summed E-state index contributed by atoms with van der Waals surface area (Å²) >= 11 is 9.04. The monoisotopic (exact) mass is 327 g/mol. The van der Waals surface area contributed by atoms with E-state index >= 15 is 0 Å². The molecule has 2 aromatic carbocycles. The van der Waals surface area contributed by atoms with Gasteiger partial charge in [-0.05, 0) is 36.4 Å². The van der Waals surface area contributed by atoms with Crippen molar-refractivity contribution in [3.05, 3.63) is 57.3 Å². The number of hydrogen-bond donors (Lipinski definition) is 1. The molecule has 0 bridgehead atoms. The molecule has 0 aliphatic rings. The van der Waals surface area contributed by atoms with Crippen molar-refractivity contribution in [2.24, 2.45) is 4.99 Å². The van der Waals surface area contributed by atoms with Crippen LogP contribution >= 0.6 is 27.5 Å². The fourth-order valence-electron chi connectivity index (χ4n) is 1.35. The fraction of sp³-hybridized carbons (Fsp3) is 0. The van der Waals surface area contributed by atoms with Gasteiger partial charge in [-0.15, -0.1) is 0 Å². The molecule has 2 nitrogen and oxygen atoms in total. The number of halogens is 3. The lowest BCUT2D eigenvalue weighted by Crippen LogP contribution is -1.83. The quantitative estimate of drug-likeness (QED) is 0.796. The molecule has 2 aromatic rings. The van der Waals surface area contributed by atoms with E-state index < -0.39 is 5.82 Å². The summed E-state index contributed by atoms with van der Waals surface area (Å²) in [5.74, 6) is -0.394. The van der Waals surface area contributed by atoms with Gasteiger partial charge in [-0.2, -0.15) is 0 Å². The normalized spacial score (nSPS) is 11.1. The molecule has 0 radical (unpaired) electrons. The summed E-state index contributed by atoms with van der Waals surface area (Å²) in [7, 11) is 0. The minimum absolute atomic E-state index is 0.0735. The summed E-state index contributed by atoms with van der Waals surface area (Å²) < 4.78 is 14.2. The molecule has 0 saturated carbocycles. The average Bonchev–Trinajstić information content (AvgIpc) is 2.34. The van der Waals surface area contributed by atoms with E-state index in [1.165, 1.54) is 30.5 Å². The molecule has 0 atom stereocenters. The van der Waals surface area contributed by atoms with Gasteiger partial charge < -0.3 is 5.11 Å². The third-order valence-electron chi connectivity index (χ3n) is 2.24. The van der Waals surface area contributed by atoms with Crippen molar-refractivity contribution in [1.82, 2.24) is 0 Å². The molecule has 18 heavy (non-hydrogen) atoms. The first-order valence-corrected chi connectivity index (χ1v) is 6.21. The van der Waals surface area contributed by atoms with Gasteiger partial charge in [0.1, 0.15) is 17.3 Å². The van der Waals surface area contributed by atoms with Crippen LogP contribution in [0.4, 0.5) is 10.1 Å². The van der Waals surface area contributed by atoms with Crippen LogP contribution in [0.5, 0.6) is 5.75 Å². The highest BCUT2D eigenvalue weighted by Gasteiger charge is 2.02. The van der Waals surface area contributed by atoms with E-state index in [2.05, 4.69) is 20.9 Å². The van der Waals surface area contributed by atoms with Crippen LogP contribution in [0.3, 0.4) is 0 Å². The highest BCUT2D eigenvalue weighted by Crippen LogP contribution is 2.24. The standard InChI is InChI=1S/C13H8BrClFNO/c14-9-1-4-13(18)8(5-9)7-17-12-6-10(15)2-3-11(12)16/h1-7,18H. The zero-order valence-electron chi connectivity index (χ0n) is 9.07. The summed E-state index contributed by atoms with van der Waals surface area (Å²) in [5.41, 5.74) is 0.616. The fourth-order valence-corrected chi connectivity index (χ4v) is 1.90. The number of phenols is 1. The molecule has 0 heterocycles. The maximum atomic E-state index is 13.4. The number of aliphatic imine (C=N–C) groups is 1. The zero-order chi connectivity index (χ0) is 13.1. The maximum absolute atomic E-state index is 13.4. The second-order valence-corrected chi connectivity index (χ2v) is 4.91. The topological polar surface area (TPSA) is 32.6 Å². The number of hydrogen-bond acceptors (Lipinski definition) is 2. The molecule has 0 amide bonds. The molecule has 0 aliphatic carbocycles. The van der Waals surface area contributed by atoms with Crippen molar-refractivity contribution < 1.29 is 9.50 Å². The molecule has 1 N–H and O–H groups in total. The summed E-state index contributed by atoms with van der Waals surface area (Å²) in [6.07, 6.45) is 1.38. The van der Waals surface area contributed by atoms with Crippen molar-refractivity contribution >= 4 is 39.4 Å². The van der Waals surface area contributed by atoms with Gasteiger partial charge in [-0.3, -0.25) is 4.99 Å². The number of nitrogens with zero attached hydrogens (tertiary/aromatic N) is 1. The van der Waals surface area contributed by atoms with Gasteiger partial charge >= 0.3 is 0 Å². The Morgan fingerprint density at radius 2 is 2.00 bits per heavy atom. The van der Waals surface area contributed by atoms with Crippen molar-refractivity contribution in [3.63, 3.8) is 0 Å². The van der Waals surface area contributed by atoms with Crippen molar-refractivity contribution in [2.75, 3.05) is 0 Å².